The molecule has 1 fully saturated rings. The van der Waals surface area contributed by atoms with E-state index in [-0.39, 0.29) is 5.91 Å². The van der Waals surface area contributed by atoms with Gasteiger partial charge in [0.15, 0.2) is 0 Å². The van der Waals surface area contributed by atoms with E-state index in [0.717, 1.165) is 37.3 Å². The zero-order chi connectivity index (χ0) is 17.8. The van der Waals surface area contributed by atoms with Gasteiger partial charge in [-0.15, -0.1) is 0 Å². The molecular weight excluding hydrogens is 308 g/mol. The van der Waals surface area contributed by atoms with Crippen LogP contribution in [0, 0.1) is 12.8 Å². The number of hydrogen-bond donors (Lipinski definition) is 0. The van der Waals surface area contributed by atoms with Crippen molar-refractivity contribution in [3.63, 3.8) is 0 Å². The highest BCUT2D eigenvalue weighted by molar-refractivity contribution is 5.76. The van der Waals surface area contributed by atoms with E-state index in [2.05, 4.69) is 57.2 Å². The number of likely N-dealkylation sites (tertiary alicyclic amines) is 1. The largest absolute Gasteiger partial charge is 0.342 e. The molecule has 3 rings (SSSR count). The first-order valence-corrected chi connectivity index (χ1v) is 9.34. The summed E-state index contributed by atoms with van der Waals surface area (Å²) in [6.07, 6.45) is 2.81. The smallest absolute Gasteiger partial charge is 0.222 e. The molecule has 1 aliphatic rings. The molecule has 1 aromatic heterocycles. The summed E-state index contributed by atoms with van der Waals surface area (Å²) in [4.78, 5) is 19.3. The summed E-state index contributed by atoms with van der Waals surface area (Å²) in [7, 11) is 0. The van der Waals surface area contributed by atoms with Crippen molar-refractivity contribution >= 4 is 5.91 Å². The van der Waals surface area contributed by atoms with Gasteiger partial charge in [0.05, 0.1) is 0 Å². The fraction of sp³-hybridized carbons (Fsp3) is 0.455. The van der Waals surface area contributed by atoms with Crippen LogP contribution in [0.25, 0.3) is 11.1 Å². The summed E-state index contributed by atoms with van der Waals surface area (Å²) < 4.78 is 0. The Kier molecular flexibility index (Phi) is 5.52. The first kappa shape index (κ1) is 17.7. The average molecular weight is 336 g/mol. The van der Waals surface area contributed by atoms with Crippen LogP contribution < -0.4 is 0 Å². The molecular formula is C22H28N2O. The quantitative estimate of drug-likeness (QED) is 0.803. The summed E-state index contributed by atoms with van der Waals surface area (Å²) >= 11 is 0. The topological polar surface area (TPSA) is 33.2 Å². The monoisotopic (exact) mass is 336 g/mol. The number of aryl methyl sites for hydroxylation is 1. The number of amides is 1. The number of nitrogens with zero attached hydrogens (tertiary/aromatic N) is 2. The molecule has 1 aromatic carbocycles. The minimum absolute atomic E-state index is 0.288. The third-order valence-corrected chi connectivity index (χ3v) is 4.86. The van der Waals surface area contributed by atoms with Crippen LogP contribution in [0.4, 0.5) is 0 Å². The number of hydrogen-bond acceptors (Lipinski definition) is 2. The summed E-state index contributed by atoms with van der Waals surface area (Å²) in [5, 5.41) is 0. The van der Waals surface area contributed by atoms with Gasteiger partial charge in [-0.3, -0.25) is 9.78 Å². The van der Waals surface area contributed by atoms with Crippen LogP contribution in [-0.2, 0) is 4.79 Å². The number of pyridine rings is 1. The highest BCUT2D eigenvalue weighted by Crippen LogP contribution is 2.30. The van der Waals surface area contributed by atoms with Gasteiger partial charge >= 0.3 is 0 Å². The van der Waals surface area contributed by atoms with Gasteiger partial charge in [-0.25, -0.2) is 0 Å². The van der Waals surface area contributed by atoms with Gasteiger partial charge in [-0.1, -0.05) is 44.2 Å². The van der Waals surface area contributed by atoms with Gasteiger partial charge in [-0.05, 0) is 48.9 Å². The fourth-order valence-corrected chi connectivity index (χ4v) is 3.62. The lowest BCUT2D eigenvalue weighted by Crippen LogP contribution is -2.39. The van der Waals surface area contributed by atoms with Crippen LogP contribution in [0.3, 0.4) is 0 Å². The molecule has 0 unspecified atom stereocenters. The molecule has 3 heteroatoms. The summed E-state index contributed by atoms with van der Waals surface area (Å²) in [6, 6.07) is 14.8. The van der Waals surface area contributed by atoms with E-state index >= 15 is 0 Å². The van der Waals surface area contributed by atoms with Crippen LogP contribution in [-0.4, -0.2) is 28.9 Å². The molecule has 2 heterocycles. The third kappa shape index (κ3) is 4.47. The van der Waals surface area contributed by atoms with Crippen molar-refractivity contribution in [3.05, 3.63) is 53.9 Å². The average Bonchev–Trinajstić information content (AvgIpc) is 2.61. The maximum atomic E-state index is 12.4. The third-order valence-electron chi connectivity index (χ3n) is 4.86. The predicted molar refractivity (Wildman–Crippen MR) is 102 cm³/mol. The second-order valence-corrected chi connectivity index (χ2v) is 7.56. The van der Waals surface area contributed by atoms with Gasteiger partial charge in [0, 0.05) is 36.8 Å². The number of carbonyl (C=O) groups is 1. The van der Waals surface area contributed by atoms with Crippen molar-refractivity contribution in [2.45, 2.75) is 46.0 Å². The second kappa shape index (κ2) is 7.81. The van der Waals surface area contributed by atoms with Crippen molar-refractivity contribution in [1.29, 1.82) is 0 Å². The Morgan fingerprint density at radius 3 is 2.68 bits per heavy atom. The van der Waals surface area contributed by atoms with Gasteiger partial charge in [0.25, 0.3) is 0 Å². The van der Waals surface area contributed by atoms with E-state index in [0.29, 0.717) is 18.3 Å². The minimum atomic E-state index is 0.288. The molecule has 25 heavy (non-hydrogen) atoms. The molecule has 1 aliphatic heterocycles. The maximum Gasteiger partial charge on any atom is 0.222 e. The second-order valence-electron chi connectivity index (χ2n) is 7.56. The van der Waals surface area contributed by atoms with Gasteiger partial charge in [0.1, 0.15) is 0 Å². The summed E-state index contributed by atoms with van der Waals surface area (Å²) in [5.41, 5.74) is 4.61. The van der Waals surface area contributed by atoms with Crippen LogP contribution in [0.2, 0.25) is 0 Å². The first-order chi connectivity index (χ1) is 12.0. The standard InChI is InChI=1S/C22H28N2O/c1-16(2)12-22(25)24-11-7-10-19(15-24)21-14-20(13-17(3)23-21)18-8-5-4-6-9-18/h4-6,8-9,13-14,16,19H,7,10-12,15H2,1-3H3/t19-/m0/s1. The maximum absolute atomic E-state index is 12.4. The lowest BCUT2D eigenvalue weighted by Gasteiger charge is -2.33. The van der Waals surface area contributed by atoms with Crippen molar-refractivity contribution in [2.75, 3.05) is 13.1 Å². The normalized spacial score (nSPS) is 17.8. The van der Waals surface area contributed by atoms with Crippen molar-refractivity contribution in [3.8, 4) is 11.1 Å². The molecule has 0 radical (unpaired) electrons. The van der Waals surface area contributed by atoms with Gasteiger partial charge < -0.3 is 4.90 Å². The highest BCUT2D eigenvalue weighted by Gasteiger charge is 2.26. The number of carbonyl (C=O) groups excluding carboxylic acids is 1. The molecule has 0 N–H and O–H groups in total. The Hall–Kier alpha value is -2.16. The molecule has 1 amide bonds. The lowest BCUT2D eigenvalue weighted by atomic mass is 9.91. The number of aromatic nitrogens is 1. The number of piperidine rings is 1. The lowest BCUT2D eigenvalue weighted by molar-refractivity contribution is -0.133. The van der Waals surface area contributed by atoms with E-state index in [9.17, 15) is 4.79 Å². The molecule has 3 nitrogen and oxygen atoms in total. The Morgan fingerprint density at radius 1 is 1.20 bits per heavy atom. The Labute approximate surface area is 151 Å². The minimum Gasteiger partial charge on any atom is -0.342 e. The molecule has 1 atom stereocenters. The first-order valence-electron chi connectivity index (χ1n) is 9.34. The molecule has 0 spiro atoms. The van der Waals surface area contributed by atoms with Crippen molar-refractivity contribution in [2.24, 2.45) is 5.92 Å². The molecule has 0 bridgehead atoms. The van der Waals surface area contributed by atoms with Gasteiger partial charge in [0.2, 0.25) is 5.91 Å². The van der Waals surface area contributed by atoms with Crippen molar-refractivity contribution < 1.29 is 4.79 Å². The van der Waals surface area contributed by atoms with Crippen LogP contribution >= 0.6 is 0 Å². The molecule has 2 aromatic rings. The van der Waals surface area contributed by atoms with E-state index in [1.54, 1.807) is 0 Å². The van der Waals surface area contributed by atoms with Crippen LogP contribution in [0.15, 0.2) is 42.5 Å². The highest BCUT2D eigenvalue weighted by atomic mass is 16.2. The van der Waals surface area contributed by atoms with E-state index < -0.39 is 0 Å². The van der Waals surface area contributed by atoms with E-state index in [1.165, 1.54) is 11.1 Å². The number of rotatable bonds is 4. The summed E-state index contributed by atoms with van der Waals surface area (Å²) in [6.45, 7) is 7.96. The molecule has 0 aliphatic carbocycles. The Balaban J connectivity index is 1.81. The number of benzene rings is 1. The Morgan fingerprint density at radius 2 is 1.96 bits per heavy atom. The zero-order valence-corrected chi connectivity index (χ0v) is 15.5. The SMILES string of the molecule is Cc1cc(-c2ccccc2)cc([C@H]2CCCN(C(=O)CC(C)C)C2)n1. The van der Waals surface area contributed by atoms with Crippen LogP contribution in [0.1, 0.15) is 50.4 Å². The van der Waals surface area contributed by atoms with Crippen LogP contribution in [0.5, 0.6) is 0 Å². The zero-order valence-electron chi connectivity index (χ0n) is 15.5. The molecule has 0 saturated carbocycles. The van der Waals surface area contributed by atoms with Crippen molar-refractivity contribution in [1.82, 2.24) is 9.88 Å². The van der Waals surface area contributed by atoms with E-state index in [4.69, 9.17) is 4.98 Å². The molecule has 132 valence electrons. The molecule has 1 saturated heterocycles. The van der Waals surface area contributed by atoms with Gasteiger partial charge in [-0.2, -0.15) is 0 Å². The predicted octanol–water partition coefficient (Wildman–Crippen LogP) is 4.81. The summed E-state index contributed by atoms with van der Waals surface area (Å²) in [5.74, 6) is 1.04. The Bertz CT molecular complexity index is 724. The van der Waals surface area contributed by atoms with E-state index in [1.807, 2.05) is 11.0 Å². The fourth-order valence-electron chi connectivity index (χ4n) is 3.62.